The normalized spacial score (nSPS) is 25.2. The van der Waals surface area contributed by atoms with E-state index in [1.54, 1.807) is 12.1 Å². The first-order valence-electron chi connectivity index (χ1n) is 10.1. The fraction of sp³-hybridized carbons (Fsp3) is 0.304. The number of hydrogen-bond donors (Lipinski definition) is 5. The lowest BCUT2D eigenvalue weighted by Crippen LogP contribution is -2.55. The highest BCUT2D eigenvalue weighted by Gasteiger charge is 2.46. The monoisotopic (exact) mass is 458 g/mol. The van der Waals surface area contributed by atoms with Crippen LogP contribution in [-0.2, 0) is 14.3 Å². The molecule has 0 bridgehead atoms. The topological polar surface area (TPSA) is 167 Å². The van der Waals surface area contributed by atoms with Gasteiger partial charge in [-0.25, -0.2) is 0 Å². The van der Waals surface area contributed by atoms with Crippen molar-refractivity contribution in [1.29, 1.82) is 0 Å². The molecule has 0 spiro atoms. The minimum atomic E-state index is -1.69. The number of benzene rings is 2. The minimum absolute atomic E-state index is 0.0311. The van der Waals surface area contributed by atoms with Crippen LogP contribution in [0.3, 0.4) is 0 Å². The smallest absolute Gasteiger partial charge is 0.302 e. The van der Waals surface area contributed by atoms with Crippen molar-refractivity contribution >= 4 is 16.9 Å². The second-order valence-electron chi connectivity index (χ2n) is 7.77. The van der Waals surface area contributed by atoms with Crippen molar-refractivity contribution in [2.24, 2.45) is 0 Å². The number of carbonyl (C=O) groups is 1. The molecule has 0 amide bonds. The zero-order valence-corrected chi connectivity index (χ0v) is 17.4. The van der Waals surface area contributed by atoms with Gasteiger partial charge in [0, 0.05) is 6.92 Å². The number of ether oxygens (including phenoxy) is 2. The van der Waals surface area contributed by atoms with Crippen LogP contribution in [0.4, 0.5) is 0 Å². The van der Waals surface area contributed by atoms with Crippen molar-refractivity contribution in [3.8, 4) is 22.6 Å². The van der Waals surface area contributed by atoms with Crippen LogP contribution >= 0.6 is 0 Å². The van der Waals surface area contributed by atoms with E-state index in [4.69, 9.17) is 13.9 Å². The number of phenolic OH excluding ortho intramolecular Hbond substituents is 2. The van der Waals surface area contributed by atoms with E-state index in [1.165, 1.54) is 30.5 Å². The van der Waals surface area contributed by atoms with Crippen LogP contribution in [-0.4, -0.2) is 62.5 Å². The van der Waals surface area contributed by atoms with Crippen LogP contribution in [0.1, 0.15) is 18.6 Å². The number of carbonyl (C=O) groups excluding carboxylic acids is 1. The second-order valence-corrected chi connectivity index (χ2v) is 7.77. The van der Waals surface area contributed by atoms with Gasteiger partial charge in [-0.15, -0.1) is 0 Å². The summed E-state index contributed by atoms with van der Waals surface area (Å²) in [5.74, 6) is -0.978. The summed E-state index contributed by atoms with van der Waals surface area (Å²) in [6.07, 6.45) is -6.39. The molecule has 33 heavy (non-hydrogen) atoms. The molecule has 5 N–H and O–H groups in total. The highest BCUT2D eigenvalue weighted by molar-refractivity contribution is 5.86. The van der Waals surface area contributed by atoms with Crippen molar-refractivity contribution < 1.29 is 44.2 Å². The average Bonchev–Trinajstić information content (AvgIpc) is 2.78. The Balaban J connectivity index is 1.80. The van der Waals surface area contributed by atoms with Gasteiger partial charge in [0.25, 0.3) is 0 Å². The van der Waals surface area contributed by atoms with Crippen LogP contribution in [0.15, 0.2) is 51.9 Å². The Morgan fingerprint density at radius 2 is 1.70 bits per heavy atom. The molecular weight excluding hydrogens is 436 g/mol. The Morgan fingerprint density at radius 3 is 2.36 bits per heavy atom. The summed E-state index contributed by atoms with van der Waals surface area (Å²) in [6.45, 7) is 0.756. The van der Waals surface area contributed by atoms with Crippen LogP contribution in [0, 0.1) is 0 Å². The summed E-state index contributed by atoms with van der Waals surface area (Å²) < 4.78 is 16.2. The van der Waals surface area contributed by atoms with Crippen molar-refractivity contribution in [3.63, 3.8) is 0 Å². The van der Waals surface area contributed by atoms with Crippen molar-refractivity contribution in [2.45, 2.75) is 37.4 Å². The third kappa shape index (κ3) is 4.16. The number of esters is 1. The highest BCUT2D eigenvalue weighted by atomic mass is 16.6. The summed E-state index contributed by atoms with van der Waals surface area (Å²) in [7, 11) is 0. The predicted molar refractivity (Wildman–Crippen MR) is 114 cm³/mol. The number of aromatic hydroxyl groups is 2. The predicted octanol–water partition coefficient (Wildman–Crippen LogP) is 0.957. The van der Waals surface area contributed by atoms with Crippen molar-refractivity contribution in [3.05, 3.63) is 58.4 Å². The molecule has 0 radical (unpaired) electrons. The van der Waals surface area contributed by atoms with Crippen LogP contribution in [0.2, 0.25) is 0 Å². The van der Waals surface area contributed by atoms with Gasteiger partial charge in [0.15, 0.2) is 0 Å². The maximum absolute atomic E-state index is 13.1. The Morgan fingerprint density at radius 1 is 1.00 bits per heavy atom. The lowest BCUT2D eigenvalue weighted by Gasteiger charge is -2.40. The Bertz CT molecular complexity index is 1230. The van der Waals surface area contributed by atoms with Crippen LogP contribution < -0.4 is 5.43 Å². The fourth-order valence-corrected chi connectivity index (χ4v) is 3.85. The van der Waals surface area contributed by atoms with Gasteiger partial charge in [0.2, 0.25) is 5.43 Å². The molecule has 0 unspecified atom stereocenters. The number of hydrogen-bond acceptors (Lipinski definition) is 10. The lowest BCUT2D eigenvalue weighted by molar-refractivity contribution is -0.234. The molecule has 2 aromatic carbocycles. The van der Waals surface area contributed by atoms with E-state index in [2.05, 4.69) is 0 Å². The molecule has 0 aliphatic carbocycles. The summed E-state index contributed by atoms with van der Waals surface area (Å²) in [5, 5.41) is 51.2. The van der Waals surface area contributed by atoms with Gasteiger partial charge >= 0.3 is 5.97 Å². The lowest BCUT2D eigenvalue weighted by atomic mass is 9.89. The third-order valence-electron chi connectivity index (χ3n) is 5.58. The van der Waals surface area contributed by atoms with E-state index in [0.717, 1.165) is 6.92 Å². The van der Waals surface area contributed by atoms with Gasteiger partial charge < -0.3 is 39.4 Å². The molecule has 4 rings (SSSR count). The molecule has 10 heteroatoms. The summed E-state index contributed by atoms with van der Waals surface area (Å²) in [6, 6.07) is 8.50. The quantitative estimate of drug-likeness (QED) is 0.355. The molecule has 10 nitrogen and oxygen atoms in total. The molecule has 1 saturated heterocycles. The number of phenols is 2. The molecule has 1 aromatic heterocycles. The first-order valence-corrected chi connectivity index (χ1v) is 10.1. The largest absolute Gasteiger partial charge is 0.508 e. The van der Waals surface area contributed by atoms with E-state index >= 15 is 0 Å². The average molecular weight is 458 g/mol. The zero-order valence-electron chi connectivity index (χ0n) is 17.4. The second kappa shape index (κ2) is 8.83. The van der Waals surface area contributed by atoms with Gasteiger partial charge in [0.05, 0.1) is 16.5 Å². The maximum Gasteiger partial charge on any atom is 0.302 e. The molecule has 174 valence electrons. The fourth-order valence-electron chi connectivity index (χ4n) is 3.85. The van der Waals surface area contributed by atoms with Gasteiger partial charge in [-0.3, -0.25) is 9.59 Å². The molecular formula is C23H22O10. The van der Waals surface area contributed by atoms with E-state index in [9.17, 15) is 35.1 Å². The van der Waals surface area contributed by atoms with Gasteiger partial charge in [0.1, 0.15) is 60.5 Å². The van der Waals surface area contributed by atoms with E-state index in [-0.39, 0.29) is 33.6 Å². The van der Waals surface area contributed by atoms with Gasteiger partial charge in [-0.05, 0) is 29.8 Å². The molecule has 1 fully saturated rings. The van der Waals surface area contributed by atoms with E-state index in [1.807, 2.05) is 0 Å². The maximum atomic E-state index is 13.1. The van der Waals surface area contributed by atoms with Crippen LogP contribution in [0.5, 0.6) is 11.5 Å². The molecule has 2 heterocycles. The summed E-state index contributed by atoms with van der Waals surface area (Å²) >= 11 is 0. The SMILES string of the molecule is CC(=O)OC[C@H]1O[C@@H](c2c(O)ccc3c(=O)c(-c4ccc(O)cc4)coc23)[C@H](O)[C@@H](O)[C@@H]1O. The minimum Gasteiger partial charge on any atom is -0.508 e. The Labute approximate surface area is 186 Å². The van der Waals surface area contributed by atoms with E-state index in [0.29, 0.717) is 5.56 Å². The van der Waals surface area contributed by atoms with Gasteiger partial charge in [-0.1, -0.05) is 12.1 Å². The first-order chi connectivity index (χ1) is 15.7. The van der Waals surface area contributed by atoms with Crippen LogP contribution in [0.25, 0.3) is 22.1 Å². The van der Waals surface area contributed by atoms with Gasteiger partial charge in [-0.2, -0.15) is 0 Å². The standard InChI is InChI=1S/C23H22O10/c1-10(24)31-9-16-19(28)20(29)21(30)23(33-16)17-15(26)7-6-13-18(27)14(8-32-22(13)17)11-2-4-12(25)5-3-11/h2-8,16,19-21,23,25-26,28-30H,9H2,1H3/t16-,19-,20+,21-,23+/m1/s1. The number of aliphatic hydroxyl groups excluding tert-OH is 3. The van der Waals surface area contributed by atoms with E-state index < -0.39 is 48.5 Å². The number of aliphatic hydroxyl groups is 3. The first kappa shape index (κ1) is 22.7. The molecule has 1 aliphatic rings. The Kier molecular flexibility index (Phi) is 6.09. The van der Waals surface area contributed by atoms with Crippen molar-refractivity contribution in [2.75, 3.05) is 6.61 Å². The number of rotatable bonds is 4. The molecule has 5 atom stereocenters. The van der Waals surface area contributed by atoms with Crippen molar-refractivity contribution in [1.82, 2.24) is 0 Å². The molecule has 3 aromatic rings. The molecule has 0 saturated carbocycles. The summed E-state index contributed by atoms with van der Waals surface area (Å²) in [5.41, 5.74) is 0.0690. The third-order valence-corrected chi connectivity index (χ3v) is 5.58. The Hall–Kier alpha value is -3.44. The number of fused-ring (bicyclic) bond motifs is 1. The molecule has 1 aliphatic heterocycles. The summed E-state index contributed by atoms with van der Waals surface area (Å²) in [4.78, 5) is 24.3. The zero-order chi connectivity index (χ0) is 23.9. The highest BCUT2D eigenvalue weighted by Crippen LogP contribution is 2.40.